The predicted octanol–water partition coefficient (Wildman–Crippen LogP) is 3.62. The summed E-state index contributed by atoms with van der Waals surface area (Å²) in [4.78, 5) is 18.8. The SMILES string of the molecule is Cc1nc2cc(F)ccc2cc1C(=O)N1CCN(S(=O)(=O)c2ccc(F)c(Cl)c2)CC1. The third-order valence-corrected chi connectivity index (χ3v) is 7.44. The lowest BCUT2D eigenvalue weighted by Crippen LogP contribution is -2.50. The molecule has 1 aromatic heterocycles. The summed E-state index contributed by atoms with van der Waals surface area (Å²) in [5.41, 5.74) is 1.32. The van der Waals surface area contributed by atoms with Crippen LogP contribution in [-0.4, -0.2) is 54.7 Å². The lowest BCUT2D eigenvalue weighted by molar-refractivity contribution is 0.0697. The number of sulfonamides is 1. The number of fused-ring (bicyclic) bond motifs is 1. The van der Waals surface area contributed by atoms with Crippen molar-refractivity contribution in [3.63, 3.8) is 0 Å². The fraction of sp³-hybridized carbons (Fsp3) is 0.238. The van der Waals surface area contributed by atoms with Crippen molar-refractivity contribution < 1.29 is 22.0 Å². The maximum atomic E-state index is 13.4. The molecule has 0 unspecified atom stereocenters. The summed E-state index contributed by atoms with van der Waals surface area (Å²) in [6.07, 6.45) is 0. The second kappa shape index (κ2) is 8.14. The molecule has 1 aliphatic heterocycles. The molecule has 1 amide bonds. The van der Waals surface area contributed by atoms with Crippen LogP contribution in [-0.2, 0) is 10.0 Å². The fourth-order valence-corrected chi connectivity index (χ4v) is 5.24. The topological polar surface area (TPSA) is 70.6 Å². The molecule has 1 aliphatic rings. The van der Waals surface area contributed by atoms with E-state index in [1.54, 1.807) is 24.0 Å². The van der Waals surface area contributed by atoms with E-state index in [0.717, 1.165) is 12.1 Å². The number of hydrogen-bond acceptors (Lipinski definition) is 4. The van der Waals surface area contributed by atoms with E-state index in [4.69, 9.17) is 11.6 Å². The average molecular weight is 466 g/mol. The molecule has 2 heterocycles. The molecule has 6 nitrogen and oxygen atoms in total. The standard InChI is InChI=1S/C21H18ClF2N3O3S/c1-13-17(10-14-2-3-15(23)11-20(14)25-13)21(28)26-6-8-27(9-7-26)31(29,30)16-4-5-19(24)18(22)12-16/h2-5,10-12H,6-9H2,1H3. The number of rotatable bonds is 3. The second-order valence-corrected chi connectivity index (χ2v) is 9.58. The maximum absolute atomic E-state index is 13.4. The first-order chi connectivity index (χ1) is 14.7. The molecule has 162 valence electrons. The smallest absolute Gasteiger partial charge is 0.255 e. The van der Waals surface area contributed by atoms with Gasteiger partial charge in [0.25, 0.3) is 5.91 Å². The van der Waals surface area contributed by atoms with Gasteiger partial charge in [0.1, 0.15) is 11.6 Å². The van der Waals surface area contributed by atoms with Gasteiger partial charge in [-0.3, -0.25) is 9.78 Å². The molecule has 0 atom stereocenters. The van der Waals surface area contributed by atoms with Gasteiger partial charge in [0.05, 0.1) is 26.7 Å². The Morgan fingerprint density at radius 1 is 1.03 bits per heavy atom. The van der Waals surface area contributed by atoms with Crippen molar-refractivity contribution in [1.82, 2.24) is 14.2 Å². The van der Waals surface area contributed by atoms with Gasteiger partial charge in [0, 0.05) is 37.6 Å². The van der Waals surface area contributed by atoms with Crippen LogP contribution in [0, 0.1) is 18.6 Å². The quantitative estimate of drug-likeness (QED) is 0.592. The molecule has 4 rings (SSSR count). The summed E-state index contributed by atoms with van der Waals surface area (Å²) < 4.78 is 53.7. The van der Waals surface area contributed by atoms with Crippen molar-refractivity contribution in [3.05, 3.63) is 70.4 Å². The number of hydrogen-bond donors (Lipinski definition) is 0. The van der Waals surface area contributed by atoms with Gasteiger partial charge in [0.15, 0.2) is 0 Å². The summed E-state index contributed by atoms with van der Waals surface area (Å²) in [7, 11) is -3.86. The number of aromatic nitrogens is 1. The maximum Gasteiger partial charge on any atom is 0.255 e. The third kappa shape index (κ3) is 4.13. The first-order valence-electron chi connectivity index (χ1n) is 9.48. The third-order valence-electron chi connectivity index (χ3n) is 5.26. The molecule has 0 saturated carbocycles. The van der Waals surface area contributed by atoms with Crippen molar-refractivity contribution in [2.75, 3.05) is 26.2 Å². The second-order valence-electron chi connectivity index (χ2n) is 7.23. The Kier molecular flexibility index (Phi) is 5.67. The number of benzene rings is 2. The number of aryl methyl sites for hydroxylation is 1. The van der Waals surface area contributed by atoms with Crippen molar-refractivity contribution >= 4 is 38.4 Å². The fourth-order valence-electron chi connectivity index (χ4n) is 3.54. The van der Waals surface area contributed by atoms with Crippen LogP contribution < -0.4 is 0 Å². The molecule has 10 heteroatoms. The summed E-state index contributed by atoms with van der Waals surface area (Å²) >= 11 is 5.72. The molecular formula is C21H18ClF2N3O3S. The van der Waals surface area contributed by atoms with Gasteiger partial charge in [-0.15, -0.1) is 0 Å². The highest BCUT2D eigenvalue weighted by atomic mass is 35.5. The zero-order chi connectivity index (χ0) is 22.3. The Labute approximate surface area is 183 Å². The Morgan fingerprint density at radius 2 is 1.74 bits per heavy atom. The molecule has 0 radical (unpaired) electrons. The number of carbonyl (C=O) groups is 1. The Bertz CT molecular complexity index is 1290. The van der Waals surface area contributed by atoms with Crippen molar-refractivity contribution in [1.29, 1.82) is 0 Å². The number of carbonyl (C=O) groups excluding carboxylic acids is 1. The molecule has 1 fully saturated rings. The van der Waals surface area contributed by atoms with Gasteiger partial charge in [-0.1, -0.05) is 11.6 Å². The van der Waals surface area contributed by atoms with Gasteiger partial charge in [0.2, 0.25) is 10.0 Å². The van der Waals surface area contributed by atoms with Crippen LogP contribution in [0.2, 0.25) is 5.02 Å². The number of halogens is 3. The molecule has 0 bridgehead atoms. The van der Waals surface area contributed by atoms with E-state index < -0.39 is 21.7 Å². The van der Waals surface area contributed by atoms with E-state index in [-0.39, 0.29) is 42.0 Å². The number of nitrogens with zero attached hydrogens (tertiary/aromatic N) is 3. The summed E-state index contributed by atoms with van der Waals surface area (Å²) in [6, 6.07) is 9.10. The van der Waals surface area contributed by atoms with E-state index in [2.05, 4.69) is 4.98 Å². The summed E-state index contributed by atoms with van der Waals surface area (Å²) in [5, 5.41) is 0.374. The van der Waals surface area contributed by atoms with Crippen molar-refractivity contribution in [3.8, 4) is 0 Å². The summed E-state index contributed by atoms with van der Waals surface area (Å²) in [6.45, 7) is 2.24. The zero-order valence-corrected chi connectivity index (χ0v) is 18.1. The van der Waals surface area contributed by atoms with Crippen LogP contribution in [0.1, 0.15) is 16.1 Å². The first-order valence-corrected chi connectivity index (χ1v) is 11.3. The molecule has 0 N–H and O–H groups in total. The first kappa shape index (κ1) is 21.6. The highest BCUT2D eigenvalue weighted by Gasteiger charge is 2.31. The van der Waals surface area contributed by atoms with Gasteiger partial charge in [-0.2, -0.15) is 4.31 Å². The number of amides is 1. The van der Waals surface area contributed by atoms with Crippen LogP contribution in [0.5, 0.6) is 0 Å². The van der Waals surface area contributed by atoms with Crippen LogP contribution >= 0.6 is 11.6 Å². The van der Waals surface area contributed by atoms with E-state index >= 15 is 0 Å². The molecular weight excluding hydrogens is 448 g/mol. The number of piperazine rings is 1. The molecule has 3 aromatic rings. The Balaban J connectivity index is 1.51. The van der Waals surface area contributed by atoms with Gasteiger partial charge in [-0.25, -0.2) is 17.2 Å². The van der Waals surface area contributed by atoms with E-state index in [1.165, 1.54) is 22.5 Å². The van der Waals surface area contributed by atoms with E-state index in [1.807, 2.05) is 0 Å². The molecule has 31 heavy (non-hydrogen) atoms. The normalized spacial score (nSPS) is 15.4. The van der Waals surface area contributed by atoms with Gasteiger partial charge in [-0.05, 0) is 43.3 Å². The predicted molar refractivity (Wildman–Crippen MR) is 113 cm³/mol. The van der Waals surface area contributed by atoms with Gasteiger partial charge >= 0.3 is 0 Å². The lowest BCUT2D eigenvalue weighted by Gasteiger charge is -2.34. The van der Waals surface area contributed by atoms with Crippen LogP contribution in [0.25, 0.3) is 10.9 Å². The Hall–Kier alpha value is -2.62. The highest BCUT2D eigenvalue weighted by Crippen LogP contribution is 2.24. The Morgan fingerprint density at radius 3 is 2.42 bits per heavy atom. The van der Waals surface area contributed by atoms with Crippen LogP contribution in [0.4, 0.5) is 8.78 Å². The van der Waals surface area contributed by atoms with E-state index in [9.17, 15) is 22.0 Å². The van der Waals surface area contributed by atoms with E-state index in [0.29, 0.717) is 22.2 Å². The van der Waals surface area contributed by atoms with Crippen molar-refractivity contribution in [2.24, 2.45) is 0 Å². The lowest BCUT2D eigenvalue weighted by atomic mass is 10.1. The van der Waals surface area contributed by atoms with Crippen molar-refractivity contribution in [2.45, 2.75) is 11.8 Å². The number of pyridine rings is 1. The monoisotopic (exact) mass is 465 g/mol. The molecule has 0 spiro atoms. The zero-order valence-electron chi connectivity index (χ0n) is 16.5. The minimum atomic E-state index is -3.86. The molecule has 0 aliphatic carbocycles. The largest absolute Gasteiger partial charge is 0.336 e. The average Bonchev–Trinajstić information content (AvgIpc) is 2.74. The van der Waals surface area contributed by atoms with Gasteiger partial charge < -0.3 is 4.90 Å². The minimum Gasteiger partial charge on any atom is -0.336 e. The van der Waals surface area contributed by atoms with Crippen LogP contribution in [0.3, 0.4) is 0 Å². The molecule has 2 aromatic carbocycles. The highest BCUT2D eigenvalue weighted by molar-refractivity contribution is 7.89. The minimum absolute atomic E-state index is 0.0916. The summed E-state index contributed by atoms with van der Waals surface area (Å²) in [5.74, 6) is -1.37. The van der Waals surface area contributed by atoms with Crippen LogP contribution in [0.15, 0.2) is 47.4 Å². The molecule has 1 saturated heterocycles.